The third-order valence-electron chi connectivity index (χ3n) is 2.69. The van der Waals surface area contributed by atoms with Crippen molar-refractivity contribution in [1.82, 2.24) is 5.32 Å². The zero-order valence-electron chi connectivity index (χ0n) is 9.41. The van der Waals surface area contributed by atoms with E-state index in [1.54, 1.807) is 11.3 Å². The van der Waals surface area contributed by atoms with Gasteiger partial charge in [0.05, 0.1) is 5.02 Å². The van der Waals surface area contributed by atoms with Crippen LogP contribution >= 0.6 is 34.5 Å². The second-order valence-electron chi connectivity index (χ2n) is 3.77. The van der Waals surface area contributed by atoms with Crippen LogP contribution in [0, 0.1) is 0 Å². The van der Waals surface area contributed by atoms with Gasteiger partial charge < -0.3 is 5.32 Å². The SMILES string of the molecule is CNC(Cc1ccccc1Cl)c1sccc1Cl. The number of hydrogen-bond donors (Lipinski definition) is 1. The highest BCUT2D eigenvalue weighted by molar-refractivity contribution is 7.10. The number of nitrogens with one attached hydrogen (secondary N) is 1. The zero-order chi connectivity index (χ0) is 12.3. The molecule has 1 atom stereocenters. The fourth-order valence-electron chi connectivity index (χ4n) is 1.76. The van der Waals surface area contributed by atoms with Crippen LogP contribution in [0.3, 0.4) is 0 Å². The van der Waals surface area contributed by atoms with Gasteiger partial charge in [0, 0.05) is 15.9 Å². The average molecular weight is 286 g/mol. The van der Waals surface area contributed by atoms with Crippen molar-refractivity contribution in [3.05, 3.63) is 56.2 Å². The van der Waals surface area contributed by atoms with Gasteiger partial charge in [-0.25, -0.2) is 0 Å². The van der Waals surface area contributed by atoms with Gasteiger partial charge in [-0.3, -0.25) is 0 Å². The number of benzene rings is 1. The maximum atomic E-state index is 6.17. The minimum absolute atomic E-state index is 0.211. The lowest BCUT2D eigenvalue weighted by atomic mass is 10.0. The molecule has 0 aliphatic carbocycles. The zero-order valence-corrected chi connectivity index (χ0v) is 11.7. The highest BCUT2D eigenvalue weighted by Crippen LogP contribution is 2.31. The Bertz CT molecular complexity index is 496. The van der Waals surface area contributed by atoms with Gasteiger partial charge in [-0.1, -0.05) is 41.4 Å². The van der Waals surface area contributed by atoms with E-state index in [1.807, 2.05) is 42.8 Å². The van der Waals surface area contributed by atoms with Crippen LogP contribution in [-0.2, 0) is 6.42 Å². The lowest BCUT2D eigenvalue weighted by molar-refractivity contribution is 0.602. The summed E-state index contributed by atoms with van der Waals surface area (Å²) in [4.78, 5) is 1.16. The number of likely N-dealkylation sites (N-methyl/N-ethyl adjacent to an activating group) is 1. The summed E-state index contributed by atoms with van der Waals surface area (Å²) >= 11 is 14.0. The molecule has 1 aromatic carbocycles. The Hall–Kier alpha value is -0.540. The van der Waals surface area contributed by atoms with Gasteiger partial charge in [0.25, 0.3) is 0 Å². The molecule has 17 heavy (non-hydrogen) atoms. The van der Waals surface area contributed by atoms with Crippen molar-refractivity contribution < 1.29 is 0 Å². The molecule has 0 spiro atoms. The minimum Gasteiger partial charge on any atom is -0.312 e. The number of thiophene rings is 1. The van der Waals surface area contributed by atoms with E-state index in [9.17, 15) is 0 Å². The minimum atomic E-state index is 0.211. The molecular weight excluding hydrogens is 273 g/mol. The normalized spacial score (nSPS) is 12.6. The van der Waals surface area contributed by atoms with E-state index in [0.29, 0.717) is 0 Å². The molecule has 0 fully saturated rings. The van der Waals surface area contributed by atoms with Crippen molar-refractivity contribution in [1.29, 1.82) is 0 Å². The maximum Gasteiger partial charge on any atom is 0.0561 e. The Morgan fingerprint density at radius 1 is 1.18 bits per heavy atom. The number of hydrogen-bond acceptors (Lipinski definition) is 2. The van der Waals surface area contributed by atoms with Crippen LogP contribution in [0.5, 0.6) is 0 Å². The summed E-state index contributed by atoms with van der Waals surface area (Å²) < 4.78 is 0. The van der Waals surface area contributed by atoms with E-state index in [0.717, 1.165) is 26.9 Å². The van der Waals surface area contributed by atoms with E-state index in [4.69, 9.17) is 23.2 Å². The third kappa shape index (κ3) is 3.02. The molecule has 0 bridgehead atoms. The molecule has 1 nitrogen and oxygen atoms in total. The van der Waals surface area contributed by atoms with E-state index in [-0.39, 0.29) is 6.04 Å². The Labute approximate surface area is 115 Å². The van der Waals surface area contributed by atoms with E-state index in [2.05, 4.69) is 5.32 Å². The summed E-state index contributed by atoms with van der Waals surface area (Å²) in [6, 6.07) is 10.1. The highest BCUT2D eigenvalue weighted by Gasteiger charge is 2.15. The quantitative estimate of drug-likeness (QED) is 0.869. The van der Waals surface area contributed by atoms with E-state index >= 15 is 0 Å². The first-order valence-electron chi connectivity index (χ1n) is 5.36. The fourth-order valence-corrected chi connectivity index (χ4v) is 3.28. The highest BCUT2D eigenvalue weighted by atomic mass is 35.5. The van der Waals surface area contributed by atoms with Crippen LogP contribution < -0.4 is 5.32 Å². The van der Waals surface area contributed by atoms with Crippen LogP contribution in [-0.4, -0.2) is 7.05 Å². The van der Waals surface area contributed by atoms with Crippen LogP contribution in [0.4, 0.5) is 0 Å². The molecule has 1 N–H and O–H groups in total. The lowest BCUT2D eigenvalue weighted by Crippen LogP contribution is -2.18. The topological polar surface area (TPSA) is 12.0 Å². The van der Waals surface area contributed by atoms with Gasteiger partial charge in [0.2, 0.25) is 0 Å². The van der Waals surface area contributed by atoms with Crippen molar-refractivity contribution in [2.24, 2.45) is 0 Å². The van der Waals surface area contributed by atoms with Crippen molar-refractivity contribution >= 4 is 34.5 Å². The maximum absolute atomic E-state index is 6.17. The molecule has 1 aromatic heterocycles. The summed E-state index contributed by atoms with van der Waals surface area (Å²) in [5.74, 6) is 0. The Morgan fingerprint density at radius 3 is 2.53 bits per heavy atom. The molecule has 0 aliphatic heterocycles. The Balaban J connectivity index is 2.22. The molecular formula is C13H13Cl2NS. The predicted octanol–water partition coefficient (Wildman–Crippen LogP) is 4.56. The lowest BCUT2D eigenvalue weighted by Gasteiger charge is -2.16. The summed E-state index contributed by atoms with van der Waals surface area (Å²) in [6.07, 6.45) is 0.844. The molecule has 0 saturated carbocycles. The second kappa shape index (κ2) is 5.87. The first-order chi connectivity index (χ1) is 8.22. The van der Waals surface area contributed by atoms with Gasteiger partial charge in [0.1, 0.15) is 0 Å². The van der Waals surface area contributed by atoms with Crippen LogP contribution in [0.15, 0.2) is 35.7 Å². The van der Waals surface area contributed by atoms with Gasteiger partial charge in [-0.15, -0.1) is 11.3 Å². The fraction of sp³-hybridized carbons (Fsp3) is 0.231. The first kappa shape index (κ1) is 12.9. The first-order valence-corrected chi connectivity index (χ1v) is 6.99. The van der Waals surface area contributed by atoms with Gasteiger partial charge in [-0.2, -0.15) is 0 Å². The summed E-state index contributed by atoms with van der Waals surface area (Å²) in [5, 5.41) is 6.92. The predicted molar refractivity (Wildman–Crippen MR) is 76.3 cm³/mol. The van der Waals surface area contributed by atoms with Crippen molar-refractivity contribution in [2.45, 2.75) is 12.5 Å². The standard InChI is InChI=1S/C13H13Cl2NS/c1-16-12(13-11(15)6-7-17-13)8-9-4-2-3-5-10(9)14/h2-7,12,16H,8H2,1H3. The van der Waals surface area contributed by atoms with Crippen LogP contribution in [0.2, 0.25) is 10.0 Å². The van der Waals surface area contributed by atoms with Crippen molar-refractivity contribution in [2.75, 3.05) is 7.05 Å². The molecule has 2 aromatic rings. The Morgan fingerprint density at radius 2 is 1.94 bits per heavy atom. The molecule has 0 amide bonds. The second-order valence-corrected chi connectivity index (χ2v) is 5.53. The van der Waals surface area contributed by atoms with Crippen molar-refractivity contribution in [3.63, 3.8) is 0 Å². The molecule has 2 rings (SSSR count). The smallest absolute Gasteiger partial charge is 0.0561 e. The number of rotatable bonds is 4. The summed E-state index contributed by atoms with van der Waals surface area (Å²) in [5.41, 5.74) is 1.14. The summed E-state index contributed by atoms with van der Waals surface area (Å²) in [6.45, 7) is 0. The molecule has 0 saturated heterocycles. The molecule has 4 heteroatoms. The summed E-state index contributed by atoms with van der Waals surface area (Å²) in [7, 11) is 1.94. The third-order valence-corrected chi connectivity index (χ3v) is 4.53. The monoisotopic (exact) mass is 285 g/mol. The van der Waals surface area contributed by atoms with E-state index < -0.39 is 0 Å². The molecule has 90 valence electrons. The molecule has 0 radical (unpaired) electrons. The average Bonchev–Trinajstić information content (AvgIpc) is 2.75. The van der Waals surface area contributed by atoms with Gasteiger partial charge >= 0.3 is 0 Å². The largest absolute Gasteiger partial charge is 0.312 e. The van der Waals surface area contributed by atoms with Gasteiger partial charge in [-0.05, 0) is 36.5 Å². The van der Waals surface area contributed by atoms with Gasteiger partial charge in [0.15, 0.2) is 0 Å². The van der Waals surface area contributed by atoms with Crippen LogP contribution in [0.1, 0.15) is 16.5 Å². The molecule has 1 unspecified atom stereocenters. The van der Waals surface area contributed by atoms with E-state index in [1.165, 1.54) is 0 Å². The Kier molecular flexibility index (Phi) is 4.46. The molecule has 0 aliphatic rings. The van der Waals surface area contributed by atoms with Crippen molar-refractivity contribution in [3.8, 4) is 0 Å². The number of halogens is 2. The molecule has 1 heterocycles. The van der Waals surface area contributed by atoms with Crippen LogP contribution in [0.25, 0.3) is 0 Å².